The molecule has 5 heavy (non-hydrogen) atoms. The predicted octanol–water partition coefficient (Wildman–Crippen LogP) is -0.925. The summed E-state index contributed by atoms with van der Waals surface area (Å²) in [4.78, 5) is 0. The van der Waals surface area contributed by atoms with E-state index in [0.29, 0.717) is 0 Å². The van der Waals surface area contributed by atoms with Crippen LogP contribution in [0.3, 0.4) is 0 Å². The Labute approximate surface area is 30.7 Å². The zero-order valence-electron chi connectivity index (χ0n) is 2.97. The zero-order chi connectivity index (χ0) is 4.28. The van der Waals surface area contributed by atoms with Crippen molar-refractivity contribution in [2.45, 2.75) is 6.82 Å². The first-order chi connectivity index (χ1) is 2.27. The van der Waals surface area contributed by atoms with Crippen LogP contribution in [0.4, 0.5) is 0 Å². The van der Waals surface area contributed by atoms with Crippen molar-refractivity contribution >= 4 is 7.05 Å². The lowest BCUT2D eigenvalue weighted by Gasteiger charge is -1.86. The highest BCUT2D eigenvalue weighted by molar-refractivity contribution is 6.44. The summed E-state index contributed by atoms with van der Waals surface area (Å²) in [6.45, 7) is 1.42. The van der Waals surface area contributed by atoms with Gasteiger partial charge in [-0.05, 0) is 6.82 Å². The molecule has 4 heteroatoms. The lowest BCUT2D eigenvalue weighted by atomic mass is 9.92. The van der Waals surface area contributed by atoms with E-state index in [2.05, 4.69) is 0 Å². The van der Waals surface area contributed by atoms with Crippen LogP contribution in [0.2, 0.25) is 6.82 Å². The van der Waals surface area contributed by atoms with E-state index in [1.165, 1.54) is 6.82 Å². The molecule has 0 unspecified atom stereocenters. The topological polar surface area (TPSA) is 52.5 Å². The molecule has 0 bridgehead atoms. The molecule has 30 valence electrons. The van der Waals surface area contributed by atoms with Crippen molar-refractivity contribution < 1.29 is 10.2 Å². The molecule has 0 aromatic carbocycles. The first kappa shape index (κ1) is 4.94. The lowest BCUT2D eigenvalue weighted by molar-refractivity contribution is 0.222. The highest BCUT2D eigenvalue weighted by atomic mass is 16.5. The minimum absolute atomic E-state index is 0.810. The third-order valence-electron chi connectivity index (χ3n) is 0.187. The maximum Gasteiger partial charge on any atom is 0.397 e. The fraction of sp³-hybridized carbons (Fsp3) is 1.00. The summed E-state index contributed by atoms with van der Waals surface area (Å²) in [5, 5.41) is 17.2. The molecule has 3 N–H and O–H groups in total. The third kappa shape index (κ3) is 3.94. The summed E-state index contributed by atoms with van der Waals surface area (Å²) in [7, 11) is -0.810. The van der Waals surface area contributed by atoms with E-state index < -0.39 is 7.05 Å². The average Bonchev–Trinajstić information content (AvgIpc) is 1.38. The molecule has 0 spiro atoms. The molecule has 0 atom stereocenters. The van der Waals surface area contributed by atoms with E-state index in [0.717, 1.165) is 0 Å². The Balaban J connectivity index is 2.54. The van der Waals surface area contributed by atoms with Crippen molar-refractivity contribution in [2.24, 2.45) is 0 Å². The second-order valence-electron chi connectivity index (χ2n) is 0.805. The van der Waals surface area contributed by atoms with E-state index in [9.17, 15) is 0 Å². The van der Waals surface area contributed by atoms with Crippen LogP contribution >= 0.6 is 0 Å². The van der Waals surface area contributed by atoms with Crippen LogP contribution in [-0.4, -0.2) is 17.3 Å². The fourth-order valence-electron chi connectivity index (χ4n) is 0. The maximum atomic E-state index is 8.00. The molecular weight excluding hydrogens is 68.8 g/mol. The molecule has 0 heterocycles. The molecule has 0 aliphatic heterocycles. The standard InChI is InChI=1S/CH6BNO2/c1-2(4)3-5/h3-5H,1H3. The summed E-state index contributed by atoms with van der Waals surface area (Å²) in [6, 6.07) is 0. The Kier molecular flexibility index (Phi) is 2.17. The van der Waals surface area contributed by atoms with Gasteiger partial charge in [-0.25, -0.2) is 5.39 Å². The van der Waals surface area contributed by atoms with E-state index in [1.807, 2.05) is 0 Å². The molecule has 0 aliphatic rings. The summed E-state index contributed by atoms with van der Waals surface area (Å²) in [5.41, 5.74) is 0. The summed E-state index contributed by atoms with van der Waals surface area (Å²) < 4.78 is 0. The number of hydrogen-bond acceptors (Lipinski definition) is 3. The molecule has 0 aromatic rings. The van der Waals surface area contributed by atoms with Crippen molar-refractivity contribution in [3.05, 3.63) is 0 Å². The minimum atomic E-state index is -0.810. The summed E-state index contributed by atoms with van der Waals surface area (Å²) >= 11 is 0. The van der Waals surface area contributed by atoms with Crippen molar-refractivity contribution in [1.29, 1.82) is 0 Å². The van der Waals surface area contributed by atoms with Crippen LogP contribution in [0, 0.1) is 0 Å². The Hall–Kier alpha value is -0.0551. The fourth-order valence-corrected chi connectivity index (χ4v) is 0. The normalized spacial score (nSPS) is 7.80. The van der Waals surface area contributed by atoms with Gasteiger partial charge in [0.15, 0.2) is 0 Å². The largest absolute Gasteiger partial charge is 0.436 e. The highest BCUT2D eigenvalue weighted by Gasteiger charge is 1.92. The quantitative estimate of drug-likeness (QED) is 0.279. The van der Waals surface area contributed by atoms with Gasteiger partial charge >= 0.3 is 7.05 Å². The van der Waals surface area contributed by atoms with Crippen LogP contribution < -0.4 is 5.39 Å². The predicted molar refractivity (Wildman–Crippen MR) is 18.8 cm³/mol. The Morgan fingerprint density at radius 1 is 1.80 bits per heavy atom. The Bertz CT molecular complexity index is 23.6. The van der Waals surface area contributed by atoms with Gasteiger partial charge in [-0.3, -0.25) is 0 Å². The Morgan fingerprint density at radius 2 is 2.00 bits per heavy atom. The molecule has 0 radical (unpaired) electrons. The molecule has 0 rings (SSSR count). The summed E-state index contributed by atoms with van der Waals surface area (Å²) in [5.74, 6) is 0. The first-order valence-corrected chi connectivity index (χ1v) is 1.35. The molecule has 0 saturated carbocycles. The van der Waals surface area contributed by atoms with Crippen molar-refractivity contribution in [3.8, 4) is 0 Å². The Morgan fingerprint density at radius 3 is 2.00 bits per heavy atom. The van der Waals surface area contributed by atoms with Crippen LogP contribution in [0.25, 0.3) is 0 Å². The molecule has 0 aliphatic carbocycles. The van der Waals surface area contributed by atoms with Crippen molar-refractivity contribution in [2.75, 3.05) is 0 Å². The minimum Gasteiger partial charge on any atom is -0.436 e. The van der Waals surface area contributed by atoms with Crippen molar-refractivity contribution in [1.82, 2.24) is 5.39 Å². The van der Waals surface area contributed by atoms with Gasteiger partial charge in [-0.15, -0.1) is 0 Å². The SMILES string of the molecule is CB(O)NO. The lowest BCUT2D eigenvalue weighted by Crippen LogP contribution is -2.26. The van der Waals surface area contributed by atoms with Gasteiger partial charge < -0.3 is 10.2 Å². The second kappa shape index (κ2) is 2.20. The zero-order valence-corrected chi connectivity index (χ0v) is 2.97. The second-order valence-corrected chi connectivity index (χ2v) is 0.805. The van der Waals surface area contributed by atoms with Gasteiger partial charge in [0.2, 0.25) is 0 Å². The molecule has 0 amide bonds. The average molecular weight is 74.9 g/mol. The first-order valence-electron chi connectivity index (χ1n) is 1.35. The van der Waals surface area contributed by atoms with Crippen LogP contribution in [0.5, 0.6) is 0 Å². The molecule has 3 nitrogen and oxygen atoms in total. The smallest absolute Gasteiger partial charge is 0.397 e. The van der Waals surface area contributed by atoms with Crippen LogP contribution in [-0.2, 0) is 0 Å². The summed E-state index contributed by atoms with van der Waals surface area (Å²) in [6.07, 6.45) is 0. The van der Waals surface area contributed by atoms with E-state index >= 15 is 0 Å². The number of hydrogen-bond donors (Lipinski definition) is 3. The van der Waals surface area contributed by atoms with Crippen LogP contribution in [0.1, 0.15) is 0 Å². The monoisotopic (exact) mass is 75.0 g/mol. The van der Waals surface area contributed by atoms with Gasteiger partial charge in [0, 0.05) is 0 Å². The molecule has 0 fully saturated rings. The van der Waals surface area contributed by atoms with E-state index in [4.69, 9.17) is 10.2 Å². The third-order valence-corrected chi connectivity index (χ3v) is 0.187. The number of rotatable bonds is 1. The molecule has 0 aromatic heterocycles. The molecular formula is CH6BNO2. The van der Waals surface area contributed by atoms with Crippen molar-refractivity contribution in [3.63, 3.8) is 0 Å². The van der Waals surface area contributed by atoms with Gasteiger partial charge in [0.25, 0.3) is 0 Å². The molecule has 0 saturated heterocycles. The highest BCUT2D eigenvalue weighted by Crippen LogP contribution is 1.53. The number of nitrogens with one attached hydrogen (secondary N) is 1. The van der Waals surface area contributed by atoms with Gasteiger partial charge in [-0.1, -0.05) is 0 Å². The maximum absolute atomic E-state index is 8.00. The van der Waals surface area contributed by atoms with Gasteiger partial charge in [0.05, 0.1) is 0 Å². The van der Waals surface area contributed by atoms with Gasteiger partial charge in [-0.2, -0.15) is 0 Å². The van der Waals surface area contributed by atoms with E-state index in [-0.39, 0.29) is 0 Å². The van der Waals surface area contributed by atoms with E-state index in [1.54, 1.807) is 5.39 Å². The van der Waals surface area contributed by atoms with Crippen LogP contribution in [0.15, 0.2) is 0 Å². The van der Waals surface area contributed by atoms with Gasteiger partial charge in [0.1, 0.15) is 0 Å².